The lowest BCUT2D eigenvalue weighted by molar-refractivity contribution is -0.383. The van der Waals surface area contributed by atoms with E-state index in [1.54, 1.807) is 6.07 Å². The van der Waals surface area contributed by atoms with Gasteiger partial charge in [-0.2, -0.15) is 0 Å². The summed E-state index contributed by atoms with van der Waals surface area (Å²) in [6, 6.07) is 3.15. The maximum absolute atomic E-state index is 10.7. The third kappa shape index (κ3) is 2.12. The quantitative estimate of drug-likeness (QED) is 0.392. The number of nitro groups is 1. The first-order valence-corrected chi connectivity index (χ1v) is 4.87. The average molecular weight is 240 g/mol. The van der Waals surface area contributed by atoms with E-state index < -0.39 is 4.92 Å². The van der Waals surface area contributed by atoms with Gasteiger partial charge in [0.2, 0.25) is 5.39 Å². The minimum Gasteiger partial charge on any atom is -1.00 e. The van der Waals surface area contributed by atoms with Crippen LogP contribution < -0.4 is 12.4 Å². The molecule has 0 atom stereocenters. The predicted octanol–water partition coefficient (Wildman–Crippen LogP) is -0.0378. The number of nitrogens with zero attached hydrogens (tertiary/aromatic N) is 3. The Morgan fingerprint density at radius 2 is 1.81 bits per heavy atom. The van der Waals surface area contributed by atoms with Crippen molar-refractivity contribution in [1.29, 1.82) is 5.39 Å². The molecule has 0 N–H and O–H groups in total. The summed E-state index contributed by atoms with van der Waals surface area (Å²) in [4.78, 5) is 13.1. The van der Waals surface area contributed by atoms with Crippen molar-refractivity contribution >= 4 is 11.4 Å². The fourth-order valence-corrected chi connectivity index (χ4v) is 1.99. The van der Waals surface area contributed by atoms with E-state index >= 15 is 0 Å². The van der Waals surface area contributed by atoms with Gasteiger partial charge in [0.1, 0.15) is 0 Å². The molecule has 0 amide bonds. The molecule has 6 heteroatoms. The van der Waals surface area contributed by atoms with E-state index in [4.69, 9.17) is 5.39 Å². The van der Waals surface area contributed by atoms with E-state index in [1.807, 2.05) is 0 Å². The molecule has 1 aliphatic rings. The van der Waals surface area contributed by atoms with Crippen molar-refractivity contribution in [2.45, 2.75) is 25.7 Å². The molecular formula is C10H10ClN3O2. The molecule has 0 saturated heterocycles. The first-order chi connectivity index (χ1) is 7.22. The van der Waals surface area contributed by atoms with Crippen LogP contribution in [0.2, 0.25) is 0 Å². The molecule has 5 nitrogen and oxygen atoms in total. The van der Waals surface area contributed by atoms with Crippen molar-refractivity contribution in [1.82, 2.24) is 0 Å². The van der Waals surface area contributed by atoms with Crippen LogP contribution in [0.3, 0.4) is 0 Å². The number of rotatable bonds is 1. The Morgan fingerprint density at radius 1 is 1.25 bits per heavy atom. The second-order valence-electron chi connectivity index (χ2n) is 3.67. The van der Waals surface area contributed by atoms with E-state index in [0.29, 0.717) is 0 Å². The first-order valence-electron chi connectivity index (χ1n) is 4.87. The third-order valence-corrected chi connectivity index (χ3v) is 2.74. The van der Waals surface area contributed by atoms with Gasteiger partial charge in [-0.15, -0.1) is 0 Å². The largest absolute Gasteiger partial charge is 1.00 e. The smallest absolute Gasteiger partial charge is 0.461 e. The predicted molar refractivity (Wildman–Crippen MR) is 54.5 cm³/mol. The molecule has 0 aromatic heterocycles. The van der Waals surface area contributed by atoms with Gasteiger partial charge < -0.3 is 12.4 Å². The Hall–Kier alpha value is -1.67. The van der Waals surface area contributed by atoms with Crippen molar-refractivity contribution in [3.05, 3.63) is 38.3 Å². The van der Waals surface area contributed by atoms with Crippen LogP contribution in [0.1, 0.15) is 24.0 Å². The number of hydrogen-bond donors (Lipinski definition) is 0. The van der Waals surface area contributed by atoms with Crippen molar-refractivity contribution < 1.29 is 17.3 Å². The number of halogens is 1. The fourth-order valence-electron chi connectivity index (χ4n) is 1.99. The zero-order valence-corrected chi connectivity index (χ0v) is 9.28. The summed E-state index contributed by atoms with van der Waals surface area (Å²) < 4.78 is 0. The lowest BCUT2D eigenvalue weighted by Crippen LogP contribution is -3.00. The maximum atomic E-state index is 10.7. The monoisotopic (exact) mass is 239 g/mol. The van der Waals surface area contributed by atoms with Crippen molar-refractivity contribution in [3.8, 4) is 0 Å². The Balaban J connectivity index is 0.00000128. The van der Waals surface area contributed by atoms with Crippen LogP contribution in [0.5, 0.6) is 0 Å². The Morgan fingerprint density at radius 3 is 2.31 bits per heavy atom. The summed E-state index contributed by atoms with van der Waals surface area (Å²) in [7, 11) is 0. The van der Waals surface area contributed by atoms with E-state index in [-0.39, 0.29) is 23.8 Å². The lowest BCUT2D eigenvalue weighted by atomic mass is 9.91. The molecule has 1 aromatic rings. The van der Waals surface area contributed by atoms with E-state index in [2.05, 4.69) is 4.98 Å². The highest BCUT2D eigenvalue weighted by Gasteiger charge is 2.27. The van der Waals surface area contributed by atoms with Gasteiger partial charge in [-0.1, -0.05) is 0 Å². The number of aryl methyl sites for hydroxylation is 2. The van der Waals surface area contributed by atoms with Crippen LogP contribution in [-0.2, 0) is 12.8 Å². The summed E-state index contributed by atoms with van der Waals surface area (Å²) >= 11 is 0. The Bertz CT molecular complexity index is 468. The van der Waals surface area contributed by atoms with Crippen LogP contribution in [0.15, 0.2) is 12.1 Å². The van der Waals surface area contributed by atoms with E-state index in [0.717, 1.165) is 36.8 Å². The fraction of sp³-hybridized carbons (Fsp3) is 0.400. The molecule has 1 aliphatic carbocycles. The molecular weight excluding hydrogens is 230 g/mol. The minimum absolute atomic E-state index is 0. The van der Waals surface area contributed by atoms with E-state index in [1.165, 1.54) is 6.07 Å². The van der Waals surface area contributed by atoms with Crippen LogP contribution in [0, 0.1) is 15.5 Å². The van der Waals surface area contributed by atoms with Crippen molar-refractivity contribution in [3.63, 3.8) is 0 Å². The highest BCUT2D eigenvalue weighted by atomic mass is 35.5. The van der Waals surface area contributed by atoms with Gasteiger partial charge in [0, 0.05) is 12.1 Å². The van der Waals surface area contributed by atoms with Gasteiger partial charge in [0.05, 0.1) is 4.92 Å². The second kappa shape index (κ2) is 4.90. The van der Waals surface area contributed by atoms with Crippen LogP contribution >= 0.6 is 0 Å². The summed E-state index contributed by atoms with van der Waals surface area (Å²) in [6.07, 6.45) is 3.95. The zero-order chi connectivity index (χ0) is 10.8. The van der Waals surface area contributed by atoms with Gasteiger partial charge in [0.15, 0.2) is 4.98 Å². The van der Waals surface area contributed by atoms with Crippen molar-refractivity contribution in [2.75, 3.05) is 0 Å². The van der Waals surface area contributed by atoms with Crippen LogP contribution in [-0.4, -0.2) is 4.92 Å². The lowest BCUT2D eigenvalue weighted by Gasteiger charge is -2.13. The number of benzene rings is 1. The number of diazo groups is 1. The standard InChI is InChI=1S/C10H10N3O2.ClH/c11-12-9-5-7-3-1-2-4-8(7)6-10(9)13(14)15;/h5-6H,1-4H2;1H/q+1;/p-1. The molecule has 0 aliphatic heterocycles. The molecule has 0 fully saturated rings. The topological polar surface area (TPSA) is 71.3 Å². The molecule has 16 heavy (non-hydrogen) atoms. The molecule has 84 valence electrons. The van der Waals surface area contributed by atoms with Gasteiger partial charge in [-0.05, 0) is 36.8 Å². The zero-order valence-electron chi connectivity index (χ0n) is 8.52. The minimum atomic E-state index is -0.510. The summed E-state index contributed by atoms with van der Waals surface area (Å²) in [5.41, 5.74) is 2.03. The highest BCUT2D eigenvalue weighted by molar-refractivity contribution is 5.65. The number of fused-ring (bicyclic) bond motifs is 1. The third-order valence-electron chi connectivity index (χ3n) is 2.74. The van der Waals surface area contributed by atoms with Crippen LogP contribution in [0.4, 0.5) is 11.4 Å². The van der Waals surface area contributed by atoms with Crippen LogP contribution in [0.25, 0.3) is 4.98 Å². The normalized spacial score (nSPS) is 13.2. The summed E-state index contributed by atoms with van der Waals surface area (Å²) in [6.45, 7) is 0. The van der Waals surface area contributed by atoms with Gasteiger partial charge in [-0.25, -0.2) is 0 Å². The summed E-state index contributed by atoms with van der Waals surface area (Å²) in [5.74, 6) is 0. The molecule has 1 aromatic carbocycles. The average Bonchev–Trinajstić information content (AvgIpc) is 2.27. The molecule has 0 bridgehead atoms. The second-order valence-corrected chi connectivity index (χ2v) is 3.67. The summed E-state index contributed by atoms with van der Waals surface area (Å²) in [5, 5.41) is 19.4. The Labute approximate surface area is 98.7 Å². The molecule has 0 unspecified atom stereocenters. The maximum Gasteiger partial charge on any atom is 0.461 e. The molecule has 0 saturated carbocycles. The van der Waals surface area contributed by atoms with E-state index in [9.17, 15) is 10.1 Å². The molecule has 2 rings (SSSR count). The van der Waals surface area contributed by atoms with Gasteiger partial charge in [0.25, 0.3) is 0 Å². The highest BCUT2D eigenvalue weighted by Crippen LogP contribution is 2.34. The molecule has 0 spiro atoms. The van der Waals surface area contributed by atoms with Gasteiger partial charge >= 0.3 is 11.4 Å². The first kappa shape index (κ1) is 12.4. The SMILES string of the molecule is N#[N+]c1cc2c(cc1[N+](=O)[O-])CCCC2.[Cl-]. The molecule has 0 heterocycles. The molecule has 0 radical (unpaired) electrons. The van der Waals surface area contributed by atoms with Gasteiger partial charge in [-0.3, -0.25) is 10.1 Å². The Kier molecular flexibility index (Phi) is 3.80. The number of hydrogen-bond acceptors (Lipinski definition) is 3. The van der Waals surface area contributed by atoms with Crippen molar-refractivity contribution in [2.24, 2.45) is 0 Å². The number of nitro benzene ring substituents is 1.